The zero-order valence-electron chi connectivity index (χ0n) is 12.7. The fourth-order valence-corrected chi connectivity index (χ4v) is 2.92. The van der Waals surface area contributed by atoms with Crippen LogP contribution in [0.5, 0.6) is 0 Å². The molecule has 0 aliphatic carbocycles. The van der Waals surface area contributed by atoms with E-state index in [0.29, 0.717) is 10.6 Å². The van der Waals surface area contributed by atoms with Crippen LogP contribution in [0.25, 0.3) is 5.57 Å². The van der Waals surface area contributed by atoms with Crippen molar-refractivity contribution in [2.75, 3.05) is 11.6 Å². The maximum Gasteiger partial charge on any atom is 0.269 e. The van der Waals surface area contributed by atoms with Crippen LogP contribution in [-0.2, 0) is 4.79 Å². The molecule has 0 saturated carbocycles. The Kier molecular flexibility index (Phi) is 5.99. The normalized spacial score (nSPS) is 11.6. The van der Waals surface area contributed by atoms with E-state index >= 15 is 0 Å². The quantitative estimate of drug-likeness (QED) is 0.428. The number of thioether (sulfide) groups is 1. The largest absolute Gasteiger partial charge is 0.365 e. The second-order valence-corrected chi connectivity index (χ2v) is 6.44. The molecule has 0 aliphatic rings. The number of nitrogens with zero attached hydrogens (tertiary/aromatic N) is 1. The molecule has 2 aromatic rings. The van der Waals surface area contributed by atoms with Gasteiger partial charge in [0.2, 0.25) is 0 Å². The predicted octanol–water partition coefficient (Wildman–Crippen LogP) is 3.99. The first-order chi connectivity index (χ1) is 11.4. The number of rotatable bonds is 6. The first-order valence-electron chi connectivity index (χ1n) is 6.78. The van der Waals surface area contributed by atoms with Gasteiger partial charge in [-0.2, -0.15) is 0 Å². The van der Waals surface area contributed by atoms with E-state index in [2.05, 4.69) is 21.2 Å². The molecule has 6 nitrogen and oxygen atoms in total. The standard InChI is InChI=1S/C16H14BrN3O3S/c1-24-16(19-12-6-4-11(17)5-7-12)14(15(18)21)10-2-8-13(9-3-10)20(22)23/h2-9,19H,1H3,(H2,18,21)/b16-14-. The second kappa shape index (κ2) is 7.98. The summed E-state index contributed by atoms with van der Waals surface area (Å²) < 4.78 is 0.938. The highest BCUT2D eigenvalue weighted by molar-refractivity contribution is 9.10. The number of benzene rings is 2. The monoisotopic (exact) mass is 407 g/mol. The average Bonchev–Trinajstić information content (AvgIpc) is 2.56. The summed E-state index contributed by atoms with van der Waals surface area (Å²) in [6.45, 7) is 0. The summed E-state index contributed by atoms with van der Waals surface area (Å²) in [6, 6.07) is 13.2. The van der Waals surface area contributed by atoms with Crippen molar-refractivity contribution in [3.05, 3.63) is 73.7 Å². The van der Waals surface area contributed by atoms with Crippen LogP contribution in [0.1, 0.15) is 5.56 Å². The van der Waals surface area contributed by atoms with Crippen molar-refractivity contribution < 1.29 is 9.72 Å². The summed E-state index contributed by atoms with van der Waals surface area (Å²) in [4.78, 5) is 22.2. The van der Waals surface area contributed by atoms with Crippen molar-refractivity contribution >= 4 is 50.5 Å². The topological polar surface area (TPSA) is 98.3 Å². The van der Waals surface area contributed by atoms with E-state index in [9.17, 15) is 14.9 Å². The first-order valence-corrected chi connectivity index (χ1v) is 8.79. The number of nitrogens with two attached hydrogens (primary N) is 1. The maximum absolute atomic E-state index is 11.9. The van der Waals surface area contributed by atoms with Crippen LogP contribution in [0.4, 0.5) is 11.4 Å². The van der Waals surface area contributed by atoms with Crippen molar-refractivity contribution in [2.24, 2.45) is 5.73 Å². The van der Waals surface area contributed by atoms with Crippen molar-refractivity contribution in [1.29, 1.82) is 0 Å². The number of hydrogen-bond acceptors (Lipinski definition) is 5. The highest BCUT2D eigenvalue weighted by Gasteiger charge is 2.16. The van der Waals surface area contributed by atoms with Crippen LogP contribution >= 0.6 is 27.7 Å². The number of nitro groups is 1. The molecule has 0 spiro atoms. The number of amides is 1. The molecule has 0 fully saturated rings. The van der Waals surface area contributed by atoms with E-state index < -0.39 is 10.8 Å². The number of halogens is 1. The Balaban J connectivity index is 2.44. The average molecular weight is 408 g/mol. The summed E-state index contributed by atoms with van der Waals surface area (Å²) in [5, 5.41) is 14.5. The molecule has 0 heterocycles. The molecule has 0 saturated heterocycles. The molecule has 0 bridgehead atoms. The second-order valence-electron chi connectivity index (χ2n) is 4.71. The summed E-state index contributed by atoms with van der Waals surface area (Å²) in [5.74, 6) is -0.613. The molecule has 2 aromatic carbocycles. The molecule has 0 radical (unpaired) electrons. The number of hydrogen-bond donors (Lipinski definition) is 2. The van der Waals surface area contributed by atoms with Gasteiger partial charge in [0, 0.05) is 22.3 Å². The van der Waals surface area contributed by atoms with Gasteiger partial charge in [0.25, 0.3) is 11.6 Å². The lowest BCUT2D eigenvalue weighted by molar-refractivity contribution is -0.384. The summed E-state index contributed by atoms with van der Waals surface area (Å²) >= 11 is 4.69. The highest BCUT2D eigenvalue weighted by Crippen LogP contribution is 2.28. The molecule has 1 amide bonds. The molecule has 0 unspecified atom stereocenters. The molecule has 24 heavy (non-hydrogen) atoms. The fourth-order valence-electron chi connectivity index (χ4n) is 2.01. The van der Waals surface area contributed by atoms with Gasteiger partial charge < -0.3 is 11.1 Å². The van der Waals surface area contributed by atoms with E-state index in [0.717, 1.165) is 10.2 Å². The minimum Gasteiger partial charge on any atom is -0.365 e. The number of non-ortho nitro benzene ring substituents is 1. The van der Waals surface area contributed by atoms with Crippen molar-refractivity contribution in [3.8, 4) is 0 Å². The Morgan fingerprint density at radius 3 is 2.21 bits per heavy atom. The minimum absolute atomic E-state index is 0.0471. The van der Waals surface area contributed by atoms with Gasteiger partial charge in [0.1, 0.15) is 0 Å². The summed E-state index contributed by atoms with van der Waals surface area (Å²) in [7, 11) is 0. The zero-order chi connectivity index (χ0) is 17.7. The molecule has 3 N–H and O–H groups in total. The SMILES string of the molecule is CS/C(Nc1ccc(Br)cc1)=C(\C(N)=O)c1ccc([N+](=O)[O-])cc1. The third-order valence-electron chi connectivity index (χ3n) is 3.15. The van der Waals surface area contributed by atoms with Crippen LogP contribution < -0.4 is 11.1 Å². The lowest BCUT2D eigenvalue weighted by Gasteiger charge is -2.14. The Bertz CT molecular complexity index is 789. The Morgan fingerprint density at radius 2 is 1.75 bits per heavy atom. The van der Waals surface area contributed by atoms with Crippen molar-refractivity contribution in [2.45, 2.75) is 0 Å². The Hall–Kier alpha value is -2.32. The number of carbonyl (C=O) groups is 1. The number of carbonyl (C=O) groups excluding carboxylic acids is 1. The third-order valence-corrected chi connectivity index (χ3v) is 4.39. The molecule has 8 heteroatoms. The van der Waals surface area contributed by atoms with Crippen LogP contribution in [0, 0.1) is 10.1 Å². The van der Waals surface area contributed by atoms with E-state index in [4.69, 9.17) is 5.73 Å². The van der Waals surface area contributed by atoms with Crippen LogP contribution in [0.3, 0.4) is 0 Å². The number of nitro benzene ring substituents is 1. The molecule has 124 valence electrons. The summed E-state index contributed by atoms with van der Waals surface area (Å²) in [5.41, 5.74) is 7.07. The molecular formula is C16H14BrN3O3S. The molecule has 2 rings (SSSR count). The van der Waals surface area contributed by atoms with E-state index in [1.54, 1.807) is 0 Å². The molecule has 0 aliphatic heterocycles. The Labute approximate surface area is 151 Å². The van der Waals surface area contributed by atoms with E-state index in [1.807, 2.05) is 30.5 Å². The zero-order valence-corrected chi connectivity index (χ0v) is 15.1. The van der Waals surface area contributed by atoms with E-state index in [-0.39, 0.29) is 11.3 Å². The number of nitrogens with one attached hydrogen (secondary N) is 1. The van der Waals surface area contributed by atoms with Crippen LogP contribution in [0.15, 0.2) is 58.0 Å². The van der Waals surface area contributed by atoms with Crippen molar-refractivity contribution in [3.63, 3.8) is 0 Å². The first kappa shape index (κ1) is 18.0. The van der Waals surface area contributed by atoms with Gasteiger partial charge in [-0.25, -0.2) is 0 Å². The van der Waals surface area contributed by atoms with Gasteiger partial charge in [0.05, 0.1) is 15.5 Å². The van der Waals surface area contributed by atoms with E-state index in [1.165, 1.54) is 36.0 Å². The van der Waals surface area contributed by atoms with Gasteiger partial charge in [0.15, 0.2) is 0 Å². The Morgan fingerprint density at radius 1 is 1.17 bits per heavy atom. The predicted molar refractivity (Wildman–Crippen MR) is 100 cm³/mol. The maximum atomic E-state index is 11.9. The van der Waals surface area contributed by atoms with Gasteiger partial charge >= 0.3 is 0 Å². The number of anilines is 1. The fraction of sp³-hybridized carbons (Fsp3) is 0.0625. The van der Waals surface area contributed by atoms with Gasteiger partial charge in [-0.15, -0.1) is 11.8 Å². The smallest absolute Gasteiger partial charge is 0.269 e. The van der Waals surface area contributed by atoms with Crippen LogP contribution in [0.2, 0.25) is 0 Å². The molecular weight excluding hydrogens is 394 g/mol. The molecule has 0 aromatic heterocycles. The lowest BCUT2D eigenvalue weighted by Crippen LogP contribution is -2.16. The summed E-state index contributed by atoms with van der Waals surface area (Å²) in [6.07, 6.45) is 1.82. The highest BCUT2D eigenvalue weighted by atomic mass is 79.9. The molecule has 0 atom stereocenters. The van der Waals surface area contributed by atoms with Gasteiger partial charge in [-0.3, -0.25) is 14.9 Å². The van der Waals surface area contributed by atoms with Gasteiger partial charge in [-0.1, -0.05) is 15.9 Å². The lowest BCUT2D eigenvalue weighted by atomic mass is 10.1. The van der Waals surface area contributed by atoms with Crippen LogP contribution in [-0.4, -0.2) is 17.1 Å². The number of primary amides is 1. The third kappa shape index (κ3) is 4.36. The van der Waals surface area contributed by atoms with Crippen molar-refractivity contribution in [1.82, 2.24) is 0 Å². The minimum atomic E-state index is -0.613. The van der Waals surface area contributed by atoms with Gasteiger partial charge in [-0.05, 0) is 48.2 Å².